The van der Waals surface area contributed by atoms with E-state index in [9.17, 15) is 14.3 Å². The molecule has 0 aromatic heterocycles. The lowest BCUT2D eigenvalue weighted by atomic mass is 9.96. The molecule has 0 heterocycles. The molecule has 0 spiro atoms. The topological polar surface area (TPSA) is 37.3 Å². The van der Waals surface area contributed by atoms with Gasteiger partial charge in [-0.3, -0.25) is 4.79 Å². The third-order valence-corrected chi connectivity index (χ3v) is 2.71. The Bertz CT molecular complexity index is 564. The summed E-state index contributed by atoms with van der Waals surface area (Å²) in [4.78, 5) is 12.0. The zero-order valence-corrected chi connectivity index (χ0v) is 9.64. The zero-order chi connectivity index (χ0) is 13.1. The highest BCUT2D eigenvalue weighted by atomic mass is 19.1. The van der Waals surface area contributed by atoms with Crippen LogP contribution in [0.4, 0.5) is 4.39 Å². The van der Waals surface area contributed by atoms with Crippen LogP contribution in [0.1, 0.15) is 27.6 Å². The monoisotopic (exact) mass is 243 g/mol. The SMILES string of the molecule is [CH2]c1cc(F)ccc1C(O)C(=O)c1ccccc1. The Morgan fingerprint density at radius 3 is 2.44 bits per heavy atom. The van der Waals surface area contributed by atoms with Crippen LogP contribution in [-0.2, 0) is 0 Å². The Balaban J connectivity index is 2.31. The largest absolute Gasteiger partial charge is 0.380 e. The number of aliphatic hydroxyl groups is 1. The highest BCUT2D eigenvalue weighted by Gasteiger charge is 2.20. The Morgan fingerprint density at radius 2 is 1.83 bits per heavy atom. The zero-order valence-electron chi connectivity index (χ0n) is 9.64. The number of benzene rings is 2. The van der Waals surface area contributed by atoms with E-state index in [1.54, 1.807) is 30.3 Å². The number of aliphatic hydroxyl groups excluding tert-OH is 1. The molecule has 0 aliphatic carbocycles. The molecule has 1 radical (unpaired) electrons. The number of Topliss-reactive ketones (excluding diaryl/α,β-unsaturated/α-hetero) is 1. The van der Waals surface area contributed by atoms with Gasteiger partial charge < -0.3 is 5.11 Å². The molecular formula is C15H12FO2. The van der Waals surface area contributed by atoms with Gasteiger partial charge in [0.2, 0.25) is 0 Å². The third-order valence-electron chi connectivity index (χ3n) is 2.71. The summed E-state index contributed by atoms with van der Waals surface area (Å²) in [5, 5.41) is 10.0. The van der Waals surface area contributed by atoms with E-state index >= 15 is 0 Å². The van der Waals surface area contributed by atoms with Gasteiger partial charge in [-0.05, 0) is 30.2 Å². The fourth-order valence-electron chi connectivity index (χ4n) is 1.74. The van der Waals surface area contributed by atoms with E-state index in [1.165, 1.54) is 18.2 Å². The average Bonchev–Trinajstić information content (AvgIpc) is 2.38. The van der Waals surface area contributed by atoms with Crippen molar-refractivity contribution < 1.29 is 14.3 Å². The maximum absolute atomic E-state index is 12.9. The molecule has 0 aliphatic rings. The fraction of sp³-hybridized carbons (Fsp3) is 0.0667. The van der Waals surface area contributed by atoms with Crippen molar-refractivity contribution in [2.75, 3.05) is 0 Å². The van der Waals surface area contributed by atoms with Crippen LogP contribution in [0.15, 0.2) is 48.5 Å². The van der Waals surface area contributed by atoms with Crippen molar-refractivity contribution in [3.8, 4) is 0 Å². The molecule has 3 heteroatoms. The molecule has 0 aliphatic heterocycles. The lowest BCUT2D eigenvalue weighted by Gasteiger charge is -2.12. The summed E-state index contributed by atoms with van der Waals surface area (Å²) >= 11 is 0. The molecule has 1 unspecified atom stereocenters. The molecule has 0 saturated carbocycles. The first-order chi connectivity index (χ1) is 8.59. The molecule has 2 nitrogen and oxygen atoms in total. The number of halogens is 1. The van der Waals surface area contributed by atoms with E-state index in [1.807, 2.05) is 0 Å². The van der Waals surface area contributed by atoms with E-state index in [0.717, 1.165) is 0 Å². The molecule has 0 fully saturated rings. The lowest BCUT2D eigenvalue weighted by Crippen LogP contribution is -2.13. The number of hydrogen-bond donors (Lipinski definition) is 1. The second kappa shape index (κ2) is 5.10. The van der Waals surface area contributed by atoms with Gasteiger partial charge in [0.05, 0.1) is 0 Å². The predicted octanol–water partition coefficient (Wildman–Crippen LogP) is 2.92. The van der Waals surface area contributed by atoms with Crippen LogP contribution in [0.2, 0.25) is 0 Å². The van der Waals surface area contributed by atoms with Crippen LogP contribution in [0.25, 0.3) is 0 Å². The van der Waals surface area contributed by atoms with E-state index in [0.29, 0.717) is 16.7 Å². The quantitative estimate of drug-likeness (QED) is 0.841. The smallest absolute Gasteiger partial charge is 0.195 e. The molecule has 0 amide bonds. The van der Waals surface area contributed by atoms with Crippen molar-refractivity contribution >= 4 is 5.78 Å². The maximum atomic E-state index is 12.9. The van der Waals surface area contributed by atoms with Gasteiger partial charge in [-0.1, -0.05) is 36.4 Å². The normalized spacial score (nSPS) is 12.2. The highest BCUT2D eigenvalue weighted by molar-refractivity contribution is 6.00. The van der Waals surface area contributed by atoms with Gasteiger partial charge in [0.1, 0.15) is 11.9 Å². The molecule has 2 aromatic carbocycles. The predicted molar refractivity (Wildman–Crippen MR) is 66.6 cm³/mol. The Morgan fingerprint density at radius 1 is 1.17 bits per heavy atom. The van der Waals surface area contributed by atoms with E-state index < -0.39 is 17.7 Å². The molecule has 2 aromatic rings. The van der Waals surface area contributed by atoms with Gasteiger partial charge in [0, 0.05) is 5.56 Å². The number of hydrogen-bond acceptors (Lipinski definition) is 2. The van der Waals surface area contributed by atoms with E-state index in [2.05, 4.69) is 6.92 Å². The first kappa shape index (κ1) is 12.5. The van der Waals surface area contributed by atoms with Crippen molar-refractivity contribution in [2.24, 2.45) is 0 Å². The average molecular weight is 243 g/mol. The first-order valence-electron chi connectivity index (χ1n) is 5.48. The van der Waals surface area contributed by atoms with Crippen LogP contribution >= 0.6 is 0 Å². The number of rotatable bonds is 3. The summed E-state index contributed by atoms with van der Waals surface area (Å²) in [6.07, 6.45) is -1.32. The maximum Gasteiger partial charge on any atom is 0.195 e. The minimum atomic E-state index is -1.32. The molecule has 91 valence electrons. The van der Waals surface area contributed by atoms with E-state index in [-0.39, 0.29) is 0 Å². The van der Waals surface area contributed by atoms with Crippen molar-refractivity contribution in [3.63, 3.8) is 0 Å². The molecule has 2 rings (SSSR count). The van der Waals surface area contributed by atoms with Crippen LogP contribution in [0.5, 0.6) is 0 Å². The van der Waals surface area contributed by atoms with Crippen LogP contribution in [0, 0.1) is 12.7 Å². The molecule has 18 heavy (non-hydrogen) atoms. The summed E-state index contributed by atoms with van der Waals surface area (Å²) in [7, 11) is 0. The minimum Gasteiger partial charge on any atom is -0.380 e. The molecule has 1 atom stereocenters. The number of ketones is 1. The number of carbonyl (C=O) groups excluding carboxylic acids is 1. The van der Waals surface area contributed by atoms with Gasteiger partial charge >= 0.3 is 0 Å². The van der Waals surface area contributed by atoms with E-state index in [4.69, 9.17) is 0 Å². The summed E-state index contributed by atoms with van der Waals surface area (Å²) < 4.78 is 12.9. The van der Waals surface area contributed by atoms with Crippen molar-refractivity contribution in [1.82, 2.24) is 0 Å². The molecule has 1 N–H and O–H groups in total. The lowest BCUT2D eigenvalue weighted by molar-refractivity contribution is 0.0746. The Hall–Kier alpha value is -2.00. The van der Waals surface area contributed by atoms with Gasteiger partial charge in [-0.2, -0.15) is 0 Å². The number of carbonyl (C=O) groups is 1. The Labute approximate surface area is 105 Å². The van der Waals surface area contributed by atoms with Crippen LogP contribution in [-0.4, -0.2) is 10.9 Å². The summed E-state index contributed by atoms with van der Waals surface area (Å²) in [6, 6.07) is 12.2. The van der Waals surface area contributed by atoms with Crippen molar-refractivity contribution in [1.29, 1.82) is 0 Å². The van der Waals surface area contributed by atoms with Gasteiger partial charge in [-0.15, -0.1) is 0 Å². The van der Waals surface area contributed by atoms with Crippen LogP contribution in [0.3, 0.4) is 0 Å². The summed E-state index contributed by atoms with van der Waals surface area (Å²) in [5.74, 6) is -0.866. The first-order valence-corrected chi connectivity index (χ1v) is 5.48. The summed E-state index contributed by atoms with van der Waals surface area (Å²) in [5.41, 5.74) is 1.05. The second-order valence-electron chi connectivity index (χ2n) is 3.98. The standard InChI is InChI=1S/C15H12FO2/c1-10-9-12(16)7-8-13(10)15(18)14(17)11-5-3-2-4-6-11/h2-9,15,18H,1H2. The second-order valence-corrected chi connectivity index (χ2v) is 3.98. The van der Waals surface area contributed by atoms with Crippen molar-refractivity contribution in [2.45, 2.75) is 6.10 Å². The minimum absolute atomic E-state index is 0.312. The van der Waals surface area contributed by atoms with Crippen LogP contribution < -0.4 is 0 Å². The van der Waals surface area contributed by atoms with Gasteiger partial charge in [0.25, 0.3) is 0 Å². The molecule has 0 bridgehead atoms. The highest BCUT2D eigenvalue weighted by Crippen LogP contribution is 2.22. The van der Waals surface area contributed by atoms with Gasteiger partial charge in [0.15, 0.2) is 5.78 Å². The fourth-order valence-corrected chi connectivity index (χ4v) is 1.74. The van der Waals surface area contributed by atoms with Gasteiger partial charge in [-0.25, -0.2) is 4.39 Å². The Kier molecular flexibility index (Phi) is 3.53. The summed E-state index contributed by atoms with van der Waals surface area (Å²) in [6.45, 7) is 3.63. The third kappa shape index (κ3) is 2.46. The van der Waals surface area contributed by atoms with Crippen molar-refractivity contribution in [3.05, 3.63) is 78.0 Å². The molecular weight excluding hydrogens is 231 g/mol. The molecule has 0 saturated heterocycles.